The van der Waals surface area contributed by atoms with Gasteiger partial charge in [0.1, 0.15) is 37.0 Å². The Morgan fingerprint density at radius 2 is 0.451 bits per heavy atom. The lowest BCUT2D eigenvalue weighted by atomic mass is 10.1. The minimum absolute atomic E-state index is 0.170. The smallest absolute Gasteiger partial charge is 0.178 e. The number of aromatic nitrogens is 7. The van der Waals surface area contributed by atoms with E-state index in [1.54, 1.807) is 24.8 Å². The van der Waals surface area contributed by atoms with Crippen LogP contribution in [-0.2, 0) is 0 Å². The van der Waals surface area contributed by atoms with E-state index in [4.69, 9.17) is 0 Å². The quantitative estimate of drug-likeness (QED) is 0.129. The summed E-state index contributed by atoms with van der Waals surface area (Å²) in [4.78, 5) is 59.6. The SMILES string of the molecule is Cc1ccccc1N1c2ccccc2N(c2ccccc2)[C@H]1C.Cc1ccccc1N1c2ncccc2N(C(C)C)[C@H]1C.Cc1ccccc1N1c2ncccc2N(C)[C@H]1C.Cc1ccccc1N1c2ncccc2N(c2ccccc2)[C@H]1C.Cc1ccccc1N1c2nccnc2N(C(C)C)[C@H]1C.Cc1ccccc1N1c2nccnc2N(C)[C@H]1C. The minimum Gasteiger partial charge on any atom is -0.351 e. The van der Waals surface area contributed by atoms with Crippen LogP contribution in [0.15, 0.2) is 310 Å². The molecule has 6 atom stereocenters. The Morgan fingerprint density at radius 3 is 0.869 bits per heavy atom. The van der Waals surface area contributed by atoms with E-state index in [0.29, 0.717) is 12.1 Å². The van der Waals surface area contributed by atoms with Crippen LogP contribution in [0.2, 0.25) is 0 Å². The van der Waals surface area contributed by atoms with Crippen molar-refractivity contribution >= 4 is 115 Å². The van der Waals surface area contributed by atoms with Crippen LogP contribution in [0.25, 0.3) is 0 Å². The van der Waals surface area contributed by atoms with Crippen molar-refractivity contribution in [2.24, 2.45) is 0 Å². The van der Waals surface area contributed by atoms with E-state index in [-0.39, 0.29) is 37.0 Å². The zero-order valence-electron chi connectivity index (χ0n) is 73.6. The molecule has 0 saturated heterocycles. The Balaban J connectivity index is 0.000000114. The molecule has 0 aliphatic carbocycles. The van der Waals surface area contributed by atoms with Crippen molar-refractivity contribution in [1.29, 1.82) is 0 Å². The van der Waals surface area contributed by atoms with Gasteiger partial charge in [-0.3, -0.25) is 0 Å². The lowest BCUT2D eigenvalue weighted by Crippen LogP contribution is -2.42. The maximum Gasteiger partial charge on any atom is 0.178 e. The van der Waals surface area contributed by atoms with Crippen molar-refractivity contribution < 1.29 is 0 Å². The number of nitrogens with zero attached hydrogens (tertiary/aromatic N) is 19. The molecule has 9 aromatic carbocycles. The highest BCUT2D eigenvalue weighted by atomic mass is 15.5. The summed E-state index contributed by atoms with van der Waals surface area (Å²) in [6.45, 7) is 35.0. The Hall–Kier alpha value is -13.8. The molecule has 122 heavy (non-hydrogen) atoms. The second-order valence-electron chi connectivity index (χ2n) is 32.3. The first-order chi connectivity index (χ1) is 59.2. The number of aryl methyl sites for hydroxylation is 6. The Kier molecular flexibility index (Phi) is 24.9. The average molecular weight is 1620 g/mol. The van der Waals surface area contributed by atoms with Crippen LogP contribution in [0.1, 0.15) is 103 Å². The highest BCUT2D eigenvalue weighted by Gasteiger charge is 2.42. The van der Waals surface area contributed by atoms with Gasteiger partial charge in [0.15, 0.2) is 40.7 Å². The van der Waals surface area contributed by atoms with Crippen LogP contribution in [0, 0.1) is 41.5 Å². The molecule has 14 aromatic rings. The van der Waals surface area contributed by atoms with Crippen LogP contribution < -0.4 is 58.8 Å². The first kappa shape index (κ1) is 83.3. The predicted molar refractivity (Wildman–Crippen MR) is 509 cm³/mol. The van der Waals surface area contributed by atoms with Gasteiger partial charge in [-0.1, -0.05) is 158 Å². The number of para-hydroxylation sites is 10. The molecule has 0 saturated carbocycles. The van der Waals surface area contributed by atoms with Gasteiger partial charge >= 0.3 is 0 Å². The maximum absolute atomic E-state index is 4.67. The molecule has 620 valence electrons. The summed E-state index contributed by atoms with van der Waals surface area (Å²) in [5.41, 5.74) is 23.4. The molecule has 19 nitrogen and oxygen atoms in total. The number of fused-ring (bicyclic) bond motifs is 6. The molecule has 20 rings (SSSR count). The van der Waals surface area contributed by atoms with Gasteiger partial charge in [0.05, 0.1) is 28.4 Å². The predicted octanol–water partition coefficient (Wildman–Crippen LogP) is 24.3. The first-order valence-corrected chi connectivity index (χ1v) is 42.5. The Labute approximate surface area is 721 Å². The summed E-state index contributed by atoms with van der Waals surface area (Å²) in [5.74, 6) is 6.90. The van der Waals surface area contributed by atoms with Crippen LogP contribution in [0.4, 0.5) is 115 Å². The number of pyridine rings is 3. The minimum atomic E-state index is 0.170. The van der Waals surface area contributed by atoms with E-state index in [2.05, 4.69) is 461 Å². The molecule has 0 spiro atoms. The highest BCUT2D eigenvalue weighted by molar-refractivity contribution is 5.91. The first-order valence-electron chi connectivity index (χ1n) is 42.5. The standard InChI is InChI=1S/C21H20N2.C20H19N3.C17H21N3.C16H20N4.C15H17N3.C14H16N4/c1-16-10-6-7-13-19(16)23-17(2)22(18-11-4-3-5-12-18)20-14-8-9-15-21(20)23;1-15-9-6-7-12-18(15)23-16(2)22(17-10-4-3-5-11-17)19-13-8-14-21-20(19)23;1-12(2)19-14(4)20(15-9-6-5-8-13(15)3)17-16(19)10-7-11-18-17;1-11(2)19-13(4)20(14-8-6-5-7-12(14)3)16-15(19)17-9-10-18-16;1-11-7-4-5-8-13(11)18-12(2)17(3)14-9-6-10-16-15(14)18;1-10-6-4-5-7-12(10)18-11(2)17(3)13-14(18)16-9-8-15-13/h3-15,17H,1-2H3;3-14,16H,1-2H3;5-12,14H,1-4H3;5-11,13H,1-4H3;4-10,12H,1-3H3;4-9,11H,1-3H3/t17-;16-;14-;13-;12-;11-/m111111/s1. The summed E-state index contributed by atoms with van der Waals surface area (Å²) in [6.07, 6.45) is 14.0. The van der Waals surface area contributed by atoms with Gasteiger partial charge in [-0.25, -0.2) is 34.9 Å². The third kappa shape index (κ3) is 16.1. The summed E-state index contributed by atoms with van der Waals surface area (Å²) >= 11 is 0. The van der Waals surface area contributed by atoms with Crippen molar-refractivity contribution in [3.8, 4) is 0 Å². The lowest BCUT2D eigenvalue weighted by Gasteiger charge is -2.33. The molecule has 19 heteroatoms. The molecular formula is C103H113N19. The lowest BCUT2D eigenvalue weighted by molar-refractivity contribution is 0.601. The zero-order chi connectivity index (χ0) is 85.6. The molecule has 0 fully saturated rings. The molecular weight excluding hydrogens is 1500 g/mol. The van der Waals surface area contributed by atoms with E-state index < -0.39 is 0 Å². The summed E-state index contributed by atoms with van der Waals surface area (Å²) < 4.78 is 0. The van der Waals surface area contributed by atoms with Gasteiger partial charge in [-0.2, -0.15) is 0 Å². The van der Waals surface area contributed by atoms with Crippen LogP contribution in [0.3, 0.4) is 0 Å². The largest absolute Gasteiger partial charge is 0.351 e. The fraction of sp³-hybridized carbons (Fsp3) is 0.252. The summed E-state index contributed by atoms with van der Waals surface area (Å²) in [5, 5.41) is 0. The molecule has 0 amide bonds. The van der Waals surface area contributed by atoms with Gasteiger partial charge in [0.25, 0.3) is 0 Å². The second kappa shape index (κ2) is 36.4. The summed E-state index contributed by atoms with van der Waals surface area (Å²) in [6, 6.07) is 93.8. The number of anilines is 20. The molecule has 0 unspecified atom stereocenters. The van der Waals surface area contributed by atoms with Gasteiger partial charge in [-0.15, -0.1) is 0 Å². The van der Waals surface area contributed by atoms with Gasteiger partial charge in [-0.05, 0) is 253 Å². The van der Waals surface area contributed by atoms with Gasteiger partial charge in [0.2, 0.25) is 0 Å². The zero-order valence-corrected chi connectivity index (χ0v) is 73.6. The molecule has 5 aromatic heterocycles. The monoisotopic (exact) mass is 1620 g/mol. The van der Waals surface area contributed by atoms with E-state index >= 15 is 0 Å². The topological polar surface area (TPSA) is 129 Å². The van der Waals surface area contributed by atoms with Crippen molar-refractivity contribution in [2.45, 2.75) is 160 Å². The molecule has 0 bridgehead atoms. The molecule has 0 radical (unpaired) electrons. The van der Waals surface area contributed by atoms with Crippen molar-refractivity contribution in [3.63, 3.8) is 0 Å². The van der Waals surface area contributed by atoms with Gasteiger partial charge < -0.3 is 58.8 Å². The molecule has 6 aliphatic rings. The average Bonchev–Trinajstić information content (AvgIpc) is 1.66. The van der Waals surface area contributed by atoms with Crippen molar-refractivity contribution in [1.82, 2.24) is 34.9 Å². The fourth-order valence-corrected chi connectivity index (χ4v) is 17.9. The molecule has 6 aliphatic heterocycles. The number of rotatable bonds is 10. The summed E-state index contributed by atoms with van der Waals surface area (Å²) in [7, 11) is 4.17. The number of hydrogen-bond acceptors (Lipinski definition) is 19. The normalized spacial score (nSPS) is 17.4. The Morgan fingerprint density at radius 1 is 0.197 bits per heavy atom. The van der Waals surface area contributed by atoms with Crippen LogP contribution in [-0.4, -0.2) is 98.1 Å². The Bertz CT molecular complexity index is 5550. The molecule has 0 N–H and O–H groups in total. The third-order valence-corrected chi connectivity index (χ3v) is 24.0. The number of benzene rings is 9. The highest BCUT2D eigenvalue weighted by Crippen LogP contribution is 2.52. The van der Waals surface area contributed by atoms with Gasteiger partial charge in [0, 0.05) is 115 Å². The van der Waals surface area contributed by atoms with E-state index in [9.17, 15) is 0 Å². The number of hydrogen-bond donors (Lipinski definition) is 0. The van der Waals surface area contributed by atoms with Crippen molar-refractivity contribution in [2.75, 3.05) is 72.9 Å². The van der Waals surface area contributed by atoms with E-state index in [1.165, 1.54) is 102 Å². The van der Waals surface area contributed by atoms with E-state index in [1.807, 2.05) is 42.9 Å². The third-order valence-electron chi connectivity index (χ3n) is 24.0. The molecule has 11 heterocycles. The second-order valence-corrected chi connectivity index (χ2v) is 32.3. The fourth-order valence-electron chi connectivity index (χ4n) is 17.9. The van der Waals surface area contributed by atoms with Crippen molar-refractivity contribution in [3.05, 3.63) is 344 Å². The van der Waals surface area contributed by atoms with Crippen LogP contribution in [0.5, 0.6) is 0 Å². The van der Waals surface area contributed by atoms with E-state index in [0.717, 1.165) is 46.4 Å². The van der Waals surface area contributed by atoms with Crippen LogP contribution >= 0.6 is 0 Å². The maximum atomic E-state index is 4.67.